The average Bonchev–Trinajstić information content (AvgIpc) is 2.91. The van der Waals surface area contributed by atoms with Crippen LogP contribution in [0.25, 0.3) is 0 Å². The third-order valence-corrected chi connectivity index (χ3v) is 5.19. The molecule has 1 saturated heterocycles. The van der Waals surface area contributed by atoms with Gasteiger partial charge in [-0.05, 0) is 37.1 Å². The highest BCUT2D eigenvalue weighted by Gasteiger charge is 2.49. The summed E-state index contributed by atoms with van der Waals surface area (Å²) in [6, 6.07) is 15.7. The number of benzene rings is 2. The monoisotopic (exact) mass is 399 g/mol. The van der Waals surface area contributed by atoms with E-state index in [0.717, 1.165) is 10.5 Å². The van der Waals surface area contributed by atoms with Gasteiger partial charge in [-0.3, -0.25) is 14.5 Å². The van der Waals surface area contributed by atoms with Crippen molar-refractivity contribution in [1.82, 2.24) is 15.1 Å². The fourth-order valence-corrected chi connectivity index (χ4v) is 3.36. The summed E-state index contributed by atoms with van der Waals surface area (Å²) in [5.74, 6) is -0.737. The second-order valence-electron chi connectivity index (χ2n) is 6.85. The van der Waals surface area contributed by atoms with Crippen LogP contribution in [-0.2, 0) is 21.7 Å². The first-order valence-corrected chi connectivity index (χ1v) is 9.45. The summed E-state index contributed by atoms with van der Waals surface area (Å²) < 4.78 is 0. The van der Waals surface area contributed by atoms with Crippen LogP contribution >= 0.6 is 11.6 Å². The smallest absolute Gasteiger partial charge is 0.325 e. The number of urea groups is 1. The molecule has 1 atom stereocenters. The van der Waals surface area contributed by atoms with Crippen molar-refractivity contribution in [1.29, 1.82) is 0 Å². The molecule has 7 heteroatoms. The van der Waals surface area contributed by atoms with Gasteiger partial charge in [0.05, 0.1) is 0 Å². The number of hydrogen-bond acceptors (Lipinski definition) is 3. The molecule has 0 saturated carbocycles. The molecule has 0 bridgehead atoms. The molecule has 4 amide bonds. The van der Waals surface area contributed by atoms with E-state index in [0.29, 0.717) is 23.7 Å². The third kappa shape index (κ3) is 3.87. The van der Waals surface area contributed by atoms with E-state index in [4.69, 9.17) is 11.6 Å². The molecule has 1 N–H and O–H groups in total. The van der Waals surface area contributed by atoms with Crippen LogP contribution in [0.2, 0.25) is 5.02 Å². The number of halogens is 1. The predicted molar refractivity (Wildman–Crippen MR) is 107 cm³/mol. The highest BCUT2D eigenvalue weighted by molar-refractivity contribution is 6.30. The topological polar surface area (TPSA) is 69.7 Å². The predicted octanol–water partition coefficient (Wildman–Crippen LogP) is 3.16. The minimum absolute atomic E-state index is 0.282. The first-order valence-electron chi connectivity index (χ1n) is 9.07. The van der Waals surface area contributed by atoms with E-state index < -0.39 is 17.5 Å². The highest BCUT2D eigenvalue weighted by atomic mass is 35.5. The lowest BCUT2D eigenvalue weighted by atomic mass is 9.92. The Labute approximate surface area is 169 Å². The average molecular weight is 400 g/mol. The van der Waals surface area contributed by atoms with Gasteiger partial charge in [-0.15, -0.1) is 0 Å². The molecule has 3 rings (SSSR count). The van der Waals surface area contributed by atoms with E-state index in [9.17, 15) is 14.4 Å². The summed E-state index contributed by atoms with van der Waals surface area (Å²) in [6.45, 7) is 4.10. The zero-order chi connectivity index (χ0) is 20.3. The van der Waals surface area contributed by atoms with Crippen LogP contribution in [0.15, 0.2) is 54.6 Å². The number of likely N-dealkylation sites (N-methyl/N-ethyl adjacent to an activating group) is 1. The second-order valence-corrected chi connectivity index (χ2v) is 7.28. The summed E-state index contributed by atoms with van der Waals surface area (Å²) in [5, 5.41) is 3.24. The molecule has 0 radical (unpaired) electrons. The van der Waals surface area contributed by atoms with Crippen molar-refractivity contribution in [2.75, 3.05) is 13.1 Å². The molecule has 2 aromatic rings. The first-order chi connectivity index (χ1) is 13.3. The summed E-state index contributed by atoms with van der Waals surface area (Å²) in [6.07, 6.45) is 0. The molecular weight excluding hydrogens is 378 g/mol. The largest absolute Gasteiger partial charge is 0.337 e. The summed E-state index contributed by atoms with van der Waals surface area (Å²) in [5.41, 5.74) is 0.376. The first kappa shape index (κ1) is 19.9. The summed E-state index contributed by atoms with van der Waals surface area (Å²) in [4.78, 5) is 40.8. The summed E-state index contributed by atoms with van der Waals surface area (Å²) >= 11 is 5.91. The normalized spacial score (nSPS) is 18.9. The van der Waals surface area contributed by atoms with Crippen LogP contribution in [0.3, 0.4) is 0 Å². The van der Waals surface area contributed by atoms with Gasteiger partial charge in [0.2, 0.25) is 5.91 Å². The minimum Gasteiger partial charge on any atom is -0.337 e. The number of carbonyl (C=O) groups excluding carboxylic acids is 3. The Morgan fingerprint density at radius 3 is 2.36 bits per heavy atom. The molecule has 1 unspecified atom stereocenters. The molecule has 0 aromatic heterocycles. The fourth-order valence-electron chi connectivity index (χ4n) is 3.23. The molecule has 146 valence electrons. The van der Waals surface area contributed by atoms with Crippen LogP contribution in [0.1, 0.15) is 25.0 Å². The van der Waals surface area contributed by atoms with Crippen molar-refractivity contribution in [3.63, 3.8) is 0 Å². The van der Waals surface area contributed by atoms with Crippen molar-refractivity contribution < 1.29 is 14.4 Å². The van der Waals surface area contributed by atoms with Gasteiger partial charge in [0.25, 0.3) is 5.91 Å². The molecular formula is C21H22ClN3O3. The Bertz CT molecular complexity index is 886. The lowest BCUT2D eigenvalue weighted by Crippen LogP contribution is -2.44. The number of hydrogen-bond donors (Lipinski definition) is 1. The van der Waals surface area contributed by atoms with E-state index in [1.54, 1.807) is 36.1 Å². The number of carbonyl (C=O) groups is 3. The second kappa shape index (κ2) is 8.02. The van der Waals surface area contributed by atoms with E-state index in [1.165, 1.54) is 0 Å². The maximum absolute atomic E-state index is 13.0. The van der Waals surface area contributed by atoms with Crippen LogP contribution in [0, 0.1) is 0 Å². The number of nitrogens with zero attached hydrogens (tertiary/aromatic N) is 2. The van der Waals surface area contributed by atoms with Gasteiger partial charge in [0.15, 0.2) is 0 Å². The maximum Gasteiger partial charge on any atom is 0.325 e. The standard InChI is InChI=1S/C21H22ClN3O3/c1-3-24(13-15-7-5-4-6-8-15)18(26)14-25-19(27)21(2,23-20(25)28)16-9-11-17(22)12-10-16/h4-12H,3,13-14H2,1-2H3,(H,23,28). The van der Waals surface area contributed by atoms with E-state index in [2.05, 4.69) is 5.32 Å². The lowest BCUT2D eigenvalue weighted by molar-refractivity contribution is -0.139. The fraction of sp³-hybridized carbons (Fsp3) is 0.286. The van der Waals surface area contributed by atoms with Gasteiger partial charge in [-0.2, -0.15) is 0 Å². The zero-order valence-electron chi connectivity index (χ0n) is 15.8. The van der Waals surface area contributed by atoms with Crippen LogP contribution in [-0.4, -0.2) is 40.7 Å². The van der Waals surface area contributed by atoms with Crippen LogP contribution < -0.4 is 5.32 Å². The van der Waals surface area contributed by atoms with Gasteiger partial charge in [-0.25, -0.2) is 4.79 Å². The van der Waals surface area contributed by atoms with Crippen LogP contribution in [0.5, 0.6) is 0 Å². The Hall–Kier alpha value is -2.86. The number of amides is 4. The van der Waals surface area contributed by atoms with Gasteiger partial charge in [0, 0.05) is 18.1 Å². The Morgan fingerprint density at radius 2 is 1.75 bits per heavy atom. The van der Waals surface area contributed by atoms with Crippen molar-refractivity contribution in [3.8, 4) is 0 Å². The summed E-state index contributed by atoms with van der Waals surface area (Å²) in [7, 11) is 0. The molecule has 1 fully saturated rings. The number of nitrogens with one attached hydrogen (secondary N) is 1. The van der Waals surface area contributed by atoms with E-state index in [-0.39, 0.29) is 12.5 Å². The van der Waals surface area contributed by atoms with E-state index >= 15 is 0 Å². The number of rotatable bonds is 6. The molecule has 1 heterocycles. The van der Waals surface area contributed by atoms with Crippen molar-refractivity contribution in [2.45, 2.75) is 25.9 Å². The molecule has 0 aliphatic carbocycles. The van der Waals surface area contributed by atoms with Gasteiger partial charge in [-0.1, -0.05) is 54.1 Å². The molecule has 0 spiro atoms. The maximum atomic E-state index is 13.0. The molecule has 1 aliphatic heterocycles. The Kier molecular flexibility index (Phi) is 5.70. The van der Waals surface area contributed by atoms with Gasteiger partial charge in [0.1, 0.15) is 12.1 Å². The number of imide groups is 1. The molecule has 28 heavy (non-hydrogen) atoms. The van der Waals surface area contributed by atoms with Crippen molar-refractivity contribution in [3.05, 3.63) is 70.7 Å². The Balaban J connectivity index is 1.74. The molecule has 2 aromatic carbocycles. The van der Waals surface area contributed by atoms with Crippen molar-refractivity contribution >= 4 is 29.4 Å². The third-order valence-electron chi connectivity index (χ3n) is 4.94. The zero-order valence-corrected chi connectivity index (χ0v) is 16.6. The molecule has 1 aliphatic rings. The highest BCUT2D eigenvalue weighted by Crippen LogP contribution is 2.29. The Morgan fingerprint density at radius 1 is 1.11 bits per heavy atom. The minimum atomic E-state index is -1.22. The molecule has 6 nitrogen and oxygen atoms in total. The van der Waals surface area contributed by atoms with Gasteiger partial charge < -0.3 is 10.2 Å². The van der Waals surface area contributed by atoms with Gasteiger partial charge >= 0.3 is 6.03 Å². The lowest BCUT2D eigenvalue weighted by Gasteiger charge is -2.24. The van der Waals surface area contributed by atoms with Crippen LogP contribution in [0.4, 0.5) is 4.79 Å². The van der Waals surface area contributed by atoms with E-state index in [1.807, 2.05) is 37.3 Å². The SMILES string of the molecule is CCN(Cc1ccccc1)C(=O)CN1C(=O)NC(C)(c2ccc(Cl)cc2)C1=O. The van der Waals surface area contributed by atoms with Crippen molar-refractivity contribution in [2.24, 2.45) is 0 Å². The quantitative estimate of drug-likeness (QED) is 0.758.